The monoisotopic (exact) mass is 252 g/mol. The van der Waals surface area contributed by atoms with Crippen molar-refractivity contribution in [2.24, 2.45) is 0 Å². The summed E-state index contributed by atoms with van der Waals surface area (Å²) in [6.07, 6.45) is 4.56. The van der Waals surface area contributed by atoms with Crippen molar-refractivity contribution < 1.29 is 10.2 Å². The predicted molar refractivity (Wildman–Crippen MR) is 71.0 cm³/mol. The van der Waals surface area contributed by atoms with Crippen molar-refractivity contribution in [3.8, 4) is 11.5 Å². The molecule has 98 valence electrons. The smallest absolute Gasteiger partial charge is 0.0202 e. The maximum atomic E-state index is 11.3. The van der Waals surface area contributed by atoms with Gasteiger partial charge in [-0.1, -0.05) is 61.4 Å². The fraction of sp³-hybridized carbons (Fsp3) is 0.294. The van der Waals surface area contributed by atoms with Gasteiger partial charge in [0.1, 0.15) is 0 Å². The van der Waals surface area contributed by atoms with Gasteiger partial charge in [0.15, 0.2) is 0 Å². The van der Waals surface area contributed by atoms with E-state index in [0.29, 0.717) is 0 Å². The van der Waals surface area contributed by atoms with Gasteiger partial charge in [-0.25, -0.2) is 0 Å². The number of hydrogen-bond acceptors (Lipinski definition) is 2. The molecule has 2 aromatic carbocycles. The fourth-order valence-electron chi connectivity index (χ4n) is 3.27. The Morgan fingerprint density at radius 2 is 1.00 bits per heavy atom. The molecule has 0 N–H and O–H groups in total. The van der Waals surface area contributed by atoms with Crippen molar-refractivity contribution in [1.82, 2.24) is 0 Å². The van der Waals surface area contributed by atoms with Crippen LogP contribution in [0.5, 0.6) is 11.5 Å². The van der Waals surface area contributed by atoms with Crippen molar-refractivity contribution in [2.45, 2.75) is 31.1 Å². The first-order valence-corrected chi connectivity index (χ1v) is 6.76. The first kappa shape index (κ1) is 12.1. The van der Waals surface area contributed by atoms with E-state index in [1.807, 2.05) is 24.3 Å². The first-order chi connectivity index (χ1) is 9.21. The maximum Gasteiger partial charge on any atom is 0.0202 e. The number of hydrogen-bond donors (Lipinski definition) is 0. The van der Waals surface area contributed by atoms with Gasteiger partial charge in [0.2, 0.25) is 0 Å². The summed E-state index contributed by atoms with van der Waals surface area (Å²) in [5, 5.41) is 22.6. The second kappa shape index (κ2) is 4.61. The van der Waals surface area contributed by atoms with E-state index in [1.54, 1.807) is 24.3 Å². The number of benzene rings is 2. The minimum absolute atomic E-state index is 0.0125. The Kier molecular flexibility index (Phi) is 2.94. The highest BCUT2D eigenvalue weighted by molar-refractivity contribution is 5.43. The minimum atomic E-state index is -0.0125. The van der Waals surface area contributed by atoms with E-state index in [2.05, 4.69) is 0 Å². The van der Waals surface area contributed by atoms with Gasteiger partial charge in [-0.15, -0.1) is 11.5 Å². The van der Waals surface area contributed by atoms with Crippen LogP contribution in [0.4, 0.5) is 0 Å². The molecular formula is C17H16O2-2. The van der Waals surface area contributed by atoms with Crippen LogP contribution < -0.4 is 10.2 Å². The SMILES string of the molecule is [O-]c1ccc(C2(c3ccc([O-])cc3)CCCC2)cc1. The van der Waals surface area contributed by atoms with E-state index in [1.165, 1.54) is 24.0 Å². The third-order valence-electron chi connectivity index (χ3n) is 4.27. The normalized spacial score (nSPS) is 17.5. The van der Waals surface area contributed by atoms with E-state index in [9.17, 15) is 10.2 Å². The molecule has 0 aliphatic heterocycles. The van der Waals surface area contributed by atoms with Crippen molar-refractivity contribution in [3.63, 3.8) is 0 Å². The van der Waals surface area contributed by atoms with Gasteiger partial charge in [-0.2, -0.15) is 0 Å². The molecule has 1 aliphatic carbocycles. The van der Waals surface area contributed by atoms with Crippen LogP contribution in [-0.4, -0.2) is 0 Å². The third kappa shape index (κ3) is 2.07. The lowest BCUT2D eigenvalue weighted by Gasteiger charge is -2.31. The van der Waals surface area contributed by atoms with Gasteiger partial charge >= 0.3 is 0 Å². The van der Waals surface area contributed by atoms with Crippen molar-refractivity contribution in [2.75, 3.05) is 0 Å². The summed E-state index contributed by atoms with van der Waals surface area (Å²) in [5.74, 6) is 0.0959. The Bertz CT molecular complexity index is 501. The van der Waals surface area contributed by atoms with Gasteiger partial charge in [-0.05, 0) is 24.0 Å². The van der Waals surface area contributed by atoms with Crippen LogP contribution in [0.25, 0.3) is 0 Å². The number of rotatable bonds is 2. The molecule has 2 nitrogen and oxygen atoms in total. The Hall–Kier alpha value is -1.96. The van der Waals surface area contributed by atoms with Crippen LogP contribution in [0.1, 0.15) is 36.8 Å². The van der Waals surface area contributed by atoms with E-state index < -0.39 is 0 Å². The lowest BCUT2D eigenvalue weighted by Crippen LogP contribution is -2.23. The molecule has 19 heavy (non-hydrogen) atoms. The quantitative estimate of drug-likeness (QED) is 0.825. The Labute approximate surface area is 113 Å². The first-order valence-electron chi connectivity index (χ1n) is 6.76. The standard InChI is InChI=1S/C17H18O2/c18-15-7-3-13(4-8-15)17(11-1-2-12-17)14-5-9-16(19)10-6-14/h3-10,18-19H,1-2,11-12H2/p-2. The summed E-state index contributed by atoms with van der Waals surface area (Å²) in [7, 11) is 0. The summed E-state index contributed by atoms with van der Waals surface area (Å²) in [5.41, 5.74) is 2.38. The van der Waals surface area contributed by atoms with Gasteiger partial charge in [0.25, 0.3) is 0 Å². The zero-order chi connectivity index (χ0) is 13.3. The molecule has 2 aromatic rings. The highest BCUT2D eigenvalue weighted by Crippen LogP contribution is 2.46. The summed E-state index contributed by atoms with van der Waals surface area (Å²) < 4.78 is 0. The van der Waals surface area contributed by atoms with E-state index in [0.717, 1.165) is 12.8 Å². The molecule has 1 fully saturated rings. The Morgan fingerprint density at radius 1 is 0.632 bits per heavy atom. The summed E-state index contributed by atoms with van der Waals surface area (Å²) in [6.45, 7) is 0. The molecule has 0 amide bonds. The third-order valence-corrected chi connectivity index (χ3v) is 4.27. The van der Waals surface area contributed by atoms with Crippen LogP contribution in [-0.2, 0) is 5.41 Å². The van der Waals surface area contributed by atoms with Gasteiger partial charge in [-0.3, -0.25) is 0 Å². The predicted octanol–water partition coefficient (Wildman–Crippen LogP) is 2.69. The van der Waals surface area contributed by atoms with Crippen LogP contribution >= 0.6 is 0 Å². The Morgan fingerprint density at radius 3 is 1.37 bits per heavy atom. The molecule has 0 bridgehead atoms. The second-order valence-electron chi connectivity index (χ2n) is 5.34. The molecule has 0 heterocycles. The lowest BCUT2D eigenvalue weighted by molar-refractivity contribution is -0.268. The molecule has 0 radical (unpaired) electrons. The lowest BCUT2D eigenvalue weighted by atomic mass is 9.73. The van der Waals surface area contributed by atoms with Gasteiger partial charge in [0.05, 0.1) is 0 Å². The maximum absolute atomic E-state index is 11.3. The average molecular weight is 252 g/mol. The van der Waals surface area contributed by atoms with Crippen LogP contribution in [0.2, 0.25) is 0 Å². The minimum Gasteiger partial charge on any atom is -0.872 e. The summed E-state index contributed by atoms with van der Waals surface area (Å²) in [6, 6.07) is 14.3. The van der Waals surface area contributed by atoms with Crippen molar-refractivity contribution in [1.29, 1.82) is 0 Å². The van der Waals surface area contributed by atoms with Gasteiger partial charge in [0, 0.05) is 5.41 Å². The van der Waals surface area contributed by atoms with Crippen LogP contribution in [0.3, 0.4) is 0 Å². The molecule has 0 unspecified atom stereocenters. The van der Waals surface area contributed by atoms with Crippen LogP contribution in [0.15, 0.2) is 48.5 Å². The molecule has 0 saturated heterocycles. The molecule has 3 rings (SSSR count). The summed E-state index contributed by atoms with van der Waals surface area (Å²) >= 11 is 0. The average Bonchev–Trinajstić information content (AvgIpc) is 2.91. The van der Waals surface area contributed by atoms with E-state index in [4.69, 9.17) is 0 Å². The zero-order valence-electron chi connectivity index (χ0n) is 10.8. The van der Waals surface area contributed by atoms with Crippen LogP contribution in [0, 0.1) is 0 Å². The molecule has 0 spiro atoms. The second-order valence-corrected chi connectivity index (χ2v) is 5.34. The Balaban J connectivity index is 2.08. The molecular weight excluding hydrogens is 236 g/mol. The zero-order valence-corrected chi connectivity index (χ0v) is 10.8. The fourth-order valence-corrected chi connectivity index (χ4v) is 3.27. The molecule has 1 aliphatic rings. The van der Waals surface area contributed by atoms with Gasteiger partial charge < -0.3 is 10.2 Å². The topological polar surface area (TPSA) is 46.1 Å². The van der Waals surface area contributed by atoms with Crippen molar-refractivity contribution >= 4 is 0 Å². The summed E-state index contributed by atoms with van der Waals surface area (Å²) in [4.78, 5) is 0. The van der Waals surface area contributed by atoms with Crippen molar-refractivity contribution in [3.05, 3.63) is 59.7 Å². The van der Waals surface area contributed by atoms with E-state index >= 15 is 0 Å². The molecule has 0 aromatic heterocycles. The molecule has 0 atom stereocenters. The van der Waals surface area contributed by atoms with E-state index in [-0.39, 0.29) is 16.9 Å². The highest BCUT2D eigenvalue weighted by atomic mass is 16.3. The largest absolute Gasteiger partial charge is 0.872 e. The molecule has 1 saturated carbocycles. The highest BCUT2D eigenvalue weighted by Gasteiger charge is 2.36. The molecule has 2 heteroatoms.